The highest BCUT2D eigenvalue weighted by molar-refractivity contribution is 5.92. The van der Waals surface area contributed by atoms with Gasteiger partial charge >= 0.3 is 0 Å². The molecule has 2 aromatic rings. The van der Waals surface area contributed by atoms with Crippen LogP contribution in [0, 0.1) is 17.1 Å². The molecule has 0 atom stereocenters. The van der Waals surface area contributed by atoms with Crippen molar-refractivity contribution in [1.82, 2.24) is 0 Å². The first-order valence-electron chi connectivity index (χ1n) is 4.96. The topological polar surface area (TPSA) is 62.9 Å². The smallest absolute Gasteiger partial charge is 0.209 e. The summed E-state index contributed by atoms with van der Waals surface area (Å²) in [7, 11) is 0. The predicted molar refractivity (Wildman–Crippen MR) is 59.4 cm³/mol. The Morgan fingerprint density at radius 3 is 2.69 bits per heavy atom. The molecule has 1 heterocycles. The molecule has 1 aromatic carbocycles. The number of nitrogen functional groups attached to an aromatic ring is 1. The van der Waals surface area contributed by atoms with Gasteiger partial charge in [-0.05, 0) is 17.5 Å². The maximum Gasteiger partial charge on any atom is 0.209 e. The van der Waals surface area contributed by atoms with Gasteiger partial charge in [-0.15, -0.1) is 0 Å². The molecule has 82 valence electrons. The van der Waals surface area contributed by atoms with Crippen molar-refractivity contribution in [2.75, 3.05) is 5.73 Å². The van der Waals surface area contributed by atoms with Crippen LogP contribution < -0.4 is 5.73 Å². The van der Waals surface area contributed by atoms with Crippen molar-refractivity contribution in [2.24, 2.45) is 0 Å². The van der Waals surface area contributed by atoms with Crippen LogP contribution in [0.4, 0.5) is 10.3 Å². The molecule has 2 rings (SSSR count). The van der Waals surface area contributed by atoms with Gasteiger partial charge in [0.15, 0.2) is 11.4 Å². The van der Waals surface area contributed by atoms with Gasteiger partial charge in [0.25, 0.3) is 0 Å². The third kappa shape index (κ3) is 1.33. The monoisotopic (exact) mass is 218 g/mol. The molecule has 0 bridgehead atoms. The Balaban J connectivity index is 2.96. The van der Waals surface area contributed by atoms with E-state index in [0.717, 1.165) is 5.56 Å². The van der Waals surface area contributed by atoms with Crippen LogP contribution in [0.25, 0.3) is 11.0 Å². The maximum absolute atomic E-state index is 13.5. The average Bonchev–Trinajstić information content (AvgIpc) is 2.55. The number of benzene rings is 1. The van der Waals surface area contributed by atoms with Gasteiger partial charge in [0.1, 0.15) is 11.6 Å². The number of fused-ring (bicyclic) bond motifs is 1. The first kappa shape index (κ1) is 10.5. The lowest BCUT2D eigenvalue weighted by atomic mass is 9.97. The van der Waals surface area contributed by atoms with E-state index in [-0.39, 0.29) is 22.9 Å². The normalized spacial score (nSPS) is 10.9. The highest BCUT2D eigenvalue weighted by atomic mass is 19.1. The van der Waals surface area contributed by atoms with Crippen LogP contribution in [-0.4, -0.2) is 0 Å². The van der Waals surface area contributed by atoms with Crippen molar-refractivity contribution in [1.29, 1.82) is 5.26 Å². The standard InChI is InChI=1S/C12H11FN2O/c1-6(2)7-3-4-9(13)11-10(7)8(5-14)12(15)16-11/h3-4,6H,15H2,1-2H3. The summed E-state index contributed by atoms with van der Waals surface area (Å²) in [5.41, 5.74) is 6.71. The molecule has 0 spiro atoms. The Kier molecular flexibility index (Phi) is 2.31. The maximum atomic E-state index is 13.5. The second-order valence-corrected chi connectivity index (χ2v) is 3.95. The molecule has 0 saturated carbocycles. The SMILES string of the molecule is CC(C)c1ccc(F)c2oc(N)c(C#N)c12. The van der Waals surface area contributed by atoms with Gasteiger partial charge in [0.2, 0.25) is 5.88 Å². The Hall–Kier alpha value is -2.02. The van der Waals surface area contributed by atoms with Crippen LogP contribution in [0.5, 0.6) is 0 Å². The molecule has 0 amide bonds. The molecule has 1 aromatic heterocycles. The molecule has 0 saturated heterocycles. The van der Waals surface area contributed by atoms with E-state index in [1.165, 1.54) is 6.07 Å². The van der Waals surface area contributed by atoms with Gasteiger partial charge in [0.05, 0.1) is 0 Å². The van der Waals surface area contributed by atoms with E-state index in [1.54, 1.807) is 6.07 Å². The van der Waals surface area contributed by atoms with Crippen LogP contribution in [0.3, 0.4) is 0 Å². The third-order valence-corrected chi connectivity index (χ3v) is 2.58. The number of hydrogen-bond acceptors (Lipinski definition) is 3. The molecular formula is C12H11FN2O. The molecular weight excluding hydrogens is 207 g/mol. The lowest BCUT2D eigenvalue weighted by Crippen LogP contribution is -1.91. The number of furan rings is 1. The summed E-state index contributed by atoms with van der Waals surface area (Å²) in [5.74, 6) is -0.343. The van der Waals surface area contributed by atoms with E-state index in [2.05, 4.69) is 0 Å². The fourth-order valence-electron chi connectivity index (χ4n) is 1.81. The van der Waals surface area contributed by atoms with Crippen molar-refractivity contribution in [3.05, 3.63) is 29.1 Å². The zero-order valence-electron chi connectivity index (χ0n) is 9.04. The zero-order valence-corrected chi connectivity index (χ0v) is 9.04. The van der Waals surface area contributed by atoms with E-state index in [1.807, 2.05) is 19.9 Å². The molecule has 0 radical (unpaired) electrons. The Bertz CT molecular complexity index is 593. The number of hydrogen-bond donors (Lipinski definition) is 1. The summed E-state index contributed by atoms with van der Waals surface area (Å²) < 4.78 is 18.6. The van der Waals surface area contributed by atoms with Crippen LogP contribution in [0.2, 0.25) is 0 Å². The molecule has 0 aliphatic heterocycles. The van der Waals surface area contributed by atoms with E-state index in [0.29, 0.717) is 5.39 Å². The number of halogens is 1. The number of nitrogens with two attached hydrogens (primary N) is 1. The minimum Gasteiger partial charge on any atom is -0.436 e. The third-order valence-electron chi connectivity index (χ3n) is 2.58. The summed E-state index contributed by atoms with van der Waals surface area (Å²) in [6.07, 6.45) is 0. The fourth-order valence-corrected chi connectivity index (χ4v) is 1.81. The highest BCUT2D eigenvalue weighted by Gasteiger charge is 2.19. The lowest BCUT2D eigenvalue weighted by molar-refractivity contribution is 0.570. The van der Waals surface area contributed by atoms with Crippen molar-refractivity contribution < 1.29 is 8.81 Å². The summed E-state index contributed by atoms with van der Waals surface area (Å²) in [6.45, 7) is 3.94. The minimum atomic E-state index is -0.493. The largest absolute Gasteiger partial charge is 0.436 e. The molecule has 0 fully saturated rings. The molecule has 3 nitrogen and oxygen atoms in total. The molecule has 0 aliphatic carbocycles. The van der Waals surface area contributed by atoms with E-state index in [9.17, 15) is 4.39 Å². The van der Waals surface area contributed by atoms with Crippen LogP contribution in [0.1, 0.15) is 30.9 Å². The van der Waals surface area contributed by atoms with Gasteiger partial charge in [-0.2, -0.15) is 5.26 Å². The number of nitrogens with zero attached hydrogens (tertiary/aromatic N) is 1. The molecule has 0 aliphatic rings. The Morgan fingerprint density at radius 2 is 2.12 bits per heavy atom. The van der Waals surface area contributed by atoms with Crippen molar-refractivity contribution in [3.63, 3.8) is 0 Å². The molecule has 16 heavy (non-hydrogen) atoms. The highest BCUT2D eigenvalue weighted by Crippen LogP contribution is 2.35. The van der Waals surface area contributed by atoms with Crippen LogP contribution in [-0.2, 0) is 0 Å². The molecule has 0 unspecified atom stereocenters. The molecule has 2 N–H and O–H groups in total. The second-order valence-electron chi connectivity index (χ2n) is 3.95. The summed E-state index contributed by atoms with van der Waals surface area (Å²) >= 11 is 0. The van der Waals surface area contributed by atoms with Gasteiger partial charge in [-0.1, -0.05) is 19.9 Å². The number of rotatable bonds is 1. The Labute approximate surface area is 92.3 Å². The number of anilines is 1. The van der Waals surface area contributed by atoms with Crippen LogP contribution in [0.15, 0.2) is 16.5 Å². The van der Waals surface area contributed by atoms with Gasteiger partial charge in [0, 0.05) is 5.39 Å². The van der Waals surface area contributed by atoms with E-state index < -0.39 is 5.82 Å². The first-order chi connectivity index (χ1) is 7.56. The predicted octanol–water partition coefficient (Wildman–Crippen LogP) is 3.15. The summed E-state index contributed by atoms with van der Waals surface area (Å²) in [4.78, 5) is 0. The average molecular weight is 218 g/mol. The van der Waals surface area contributed by atoms with Gasteiger partial charge in [-0.3, -0.25) is 0 Å². The van der Waals surface area contributed by atoms with Gasteiger partial charge in [-0.25, -0.2) is 4.39 Å². The van der Waals surface area contributed by atoms with Crippen LogP contribution >= 0.6 is 0 Å². The van der Waals surface area contributed by atoms with E-state index >= 15 is 0 Å². The van der Waals surface area contributed by atoms with Crippen molar-refractivity contribution in [3.8, 4) is 6.07 Å². The summed E-state index contributed by atoms with van der Waals surface area (Å²) in [5, 5.41) is 9.49. The quantitative estimate of drug-likeness (QED) is 0.799. The molecule has 4 heteroatoms. The zero-order chi connectivity index (χ0) is 11.9. The van der Waals surface area contributed by atoms with Gasteiger partial charge < -0.3 is 10.2 Å². The Morgan fingerprint density at radius 1 is 1.44 bits per heavy atom. The lowest BCUT2D eigenvalue weighted by Gasteiger charge is -2.06. The van der Waals surface area contributed by atoms with Crippen molar-refractivity contribution >= 4 is 16.9 Å². The minimum absolute atomic E-state index is 0.0236. The fraction of sp³-hybridized carbons (Fsp3) is 0.250. The summed E-state index contributed by atoms with van der Waals surface area (Å²) in [6, 6.07) is 4.96. The second kappa shape index (κ2) is 3.53. The van der Waals surface area contributed by atoms with Crippen molar-refractivity contribution in [2.45, 2.75) is 19.8 Å². The number of nitriles is 1. The van der Waals surface area contributed by atoms with E-state index in [4.69, 9.17) is 15.4 Å². The first-order valence-corrected chi connectivity index (χ1v) is 4.96.